The zero-order chi connectivity index (χ0) is 18.0. The van der Waals surface area contributed by atoms with Gasteiger partial charge in [0.2, 0.25) is 0 Å². The van der Waals surface area contributed by atoms with Crippen LogP contribution in [0.2, 0.25) is 0 Å². The molecule has 0 aliphatic rings. The minimum atomic E-state index is 0.585. The first-order valence-electron chi connectivity index (χ1n) is 8.93. The number of hydrogen-bond donors (Lipinski definition) is 2. The van der Waals surface area contributed by atoms with Crippen LogP contribution in [0.15, 0.2) is 66.2 Å². The van der Waals surface area contributed by atoms with Crippen molar-refractivity contribution in [3.8, 4) is 5.69 Å². The number of para-hydroxylation sites is 1. The van der Waals surface area contributed by atoms with E-state index in [9.17, 15) is 0 Å². The van der Waals surface area contributed by atoms with Gasteiger partial charge in [-0.3, -0.25) is 4.68 Å². The topological polar surface area (TPSA) is 72.1 Å². The number of rotatable bonds is 8. The van der Waals surface area contributed by atoms with Crippen molar-refractivity contribution in [2.75, 3.05) is 13.1 Å². The van der Waals surface area contributed by atoms with Gasteiger partial charge in [0, 0.05) is 43.8 Å². The van der Waals surface area contributed by atoms with Crippen molar-refractivity contribution in [1.29, 1.82) is 0 Å². The molecule has 7 heteroatoms. The average molecular weight is 351 g/mol. The van der Waals surface area contributed by atoms with Crippen LogP contribution in [0, 0.1) is 0 Å². The van der Waals surface area contributed by atoms with Crippen LogP contribution in [0.25, 0.3) is 5.69 Å². The molecular weight excluding hydrogens is 326 g/mol. The predicted octanol–water partition coefficient (Wildman–Crippen LogP) is 2.21. The van der Waals surface area contributed by atoms with E-state index in [1.54, 1.807) is 6.20 Å². The summed E-state index contributed by atoms with van der Waals surface area (Å²) >= 11 is 0. The van der Waals surface area contributed by atoms with Crippen LogP contribution in [-0.2, 0) is 13.1 Å². The van der Waals surface area contributed by atoms with Gasteiger partial charge in [0.1, 0.15) is 0 Å². The Hall–Kier alpha value is -3.09. The van der Waals surface area contributed by atoms with Crippen LogP contribution in [-0.4, -0.2) is 38.6 Å². The molecule has 136 valence electrons. The SMILES string of the molecule is CCNC(=NCc1cnn(-c2ccccc2)c1)NCCCn1cccn1. The lowest BCUT2D eigenvalue weighted by Gasteiger charge is -2.11. The summed E-state index contributed by atoms with van der Waals surface area (Å²) in [4.78, 5) is 4.64. The molecule has 3 rings (SSSR count). The first-order chi connectivity index (χ1) is 12.8. The van der Waals surface area contributed by atoms with Gasteiger partial charge < -0.3 is 10.6 Å². The summed E-state index contributed by atoms with van der Waals surface area (Å²) in [6.45, 7) is 5.21. The standard InChI is InChI=1S/C19H25N7/c1-2-20-19(21-10-6-12-25-13-7-11-23-25)22-14-17-15-24-26(16-17)18-8-4-3-5-9-18/h3-5,7-9,11,13,15-16H,2,6,10,12,14H2,1H3,(H2,20,21,22). The molecule has 0 spiro atoms. The van der Waals surface area contributed by atoms with Crippen LogP contribution >= 0.6 is 0 Å². The van der Waals surface area contributed by atoms with Gasteiger partial charge >= 0.3 is 0 Å². The summed E-state index contributed by atoms with van der Waals surface area (Å²) < 4.78 is 3.80. The lowest BCUT2D eigenvalue weighted by atomic mass is 10.3. The summed E-state index contributed by atoms with van der Waals surface area (Å²) in [7, 11) is 0. The van der Waals surface area contributed by atoms with Gasteiger partial charge in [-0.05, 0) is 31.5 Å². The Morgan fingerprint density at radius 3 is 2.77 bits per heavy atom. The molecule has 0 atom stereocenters. The summed E-state index contributed by atoms with van der Waals surface area (Å²) in [6, 6.07) is 12.0. The molecule has 0 saturated heterocycles. The summed E-state index contributed by atoms with van der Waals surface area (Å²) in [5, 5.41) is 15.3. The average Bonchev–Trinajstić information content (AvgIpc) is 3.36. The second kappa shape index (κ2) is 9.41. The Kier molecular flexibility index (Phi) is 6.41. The second-order valence-corrected chi connectivity index (χ2v) is 5.87. The fourth-order valence-electron chi connectivity index (χ4n) is 2.56. The molecule has 2 N–H and O–H groups in total. The lowest BCUT2D eigenvalue weighted by Crippen LogP contribution is -2.38. The van der Waals surface area contributed by atoms with Crippen molar-refractivity contribution in [1.82, 2.24) is 30.2 Å². The third-order valence-electron chi connectivity index (χ3n) is 3.84. The van der Waals surface area contributed by atoms with Gasteiger partial charge in [-0.25, -0.2) is 9.67 Å². The zero-order valence-corrected chi connectivity index (χ0v) is 15.0. The summed E-state index contributed by atoms with van der Waals surface area (Å²) in [5.74, 6) is 0.820. The van der Waals surface area contributed by atoms with Gasteiger partial charge in [0.15, 0.2) is 5.96 Å². The monoisotopic (exact) mass is 351 g/mol. The Bertz CT molecular complexity index is 790. The number of aliphatic imine (C=N–C) groups is 1. The molecule has 0 aliphatic carbocycles. The molecule has 0 unspecified atom stereocenters. The number of hydrogen-bond acceptors (Lipinski definition) is 3. The van der Waals surface area contributed by atoms with Gasteiger partial charge in [-0.1, -0.05) is 18.2 Å². The van der Waals surface area contributed by atoms with E-state index in [-0.39, 0.29) is 0 Å². The molecule has 26 heavy (non-hydrogen) atoms. The zero-order valence-electron chi connectivity index (χ0n) is 15.0. The van der Waals surface area contributed by atoms with Crippen LogP contribution in [0.5, 0.6) is 0 Å². The molecule has 1 aromatic carbocycles. The van der Waals surface area contributed by atoms with Crippen molar-refractivity contribution in [2.45, 2.75) is 26.4 Å². The Labute approximate surface area is 153 Å². The molecule has 0 radical (unpaired) electrons. The number of guanidine groups is 1. The molecule has 0 fully saturated rings. The van der Waals surface area contributed by atoms with E-state index < -0.39 is 0 Å². The maximum Gasteiger partial charge on any atom is 0.191 e. The van der Waals surface area contributed by atoms with Crippen molar-refractivity contribution in [2.24, 2.45) is 4.99 Å². The minimum absolute atomic E-state index is 0.585. The second-order valence-electron chi connectivity index (χ2n) is 5.87. The molecule has 0 aliphatic heterocycles. The number of nitrogens with zero attached hydrogens (tertiary/aromatic N) is 5. The van der Waals surface area contributed by atoms with Gasteiger partial charge in [-0.15, -0.1) is 0 Å². The van der Waals surface area contributed by atoms with Crippen molar-refractivity contribution < 1.29 is 0 Å². The quantitative estimate of drug-likeness (QED) is 0.371. The first-order valence-corrected chi connectivity index (χ1v) is 8.93. The van der Waals surface area contributed by atoms with Crippen LogP contribution in [0.1, 0.15) is 18.9 Å². The van der Waals surface area contributed by atoms with Crippen molar-refractivity contribution in [3.05, 3.63) is 66.7 Å². The van der Waals surface area contributed by atoms with E-state index in [4.69, 9.17) is 0 Å². The van der Waals surface area contributed by atoms with Gasteiger partial charge in [-0.2, -0.15) is 10.2 Å². The first kappa shape index (κ1) is 17.7. The third-order valence-corrected chi connectivity index (χ3v) is 3.84. The van der Waals surface area contributed by atoms with Crippen LogP contribution in [0.4, 0.5) is 0 Å². The maximum atomic E-state index is 4.64. The number of aromatic nitrogens is 4. The highest BCUT2D eigenvalue weighted by Crippen LogP contribution is 2.08. The Morgan fingerprint density at radius 1 is 1.12 bits per heavy atom. The van der Waals surface area contributed by atoms with E-state index in [1.165, 1.54) is 0 Å². The van der Waals surface area contributed by atoms with Gasteiger partial charge in [0.05, 0.1) is 18.4 Å². The Morgan fingerprint density at radius 2 is 2.00 bits per heavy atom. The summed E-state index contributed by atoms with van der Waals surface area (Å²) in [6.07, 6.45) is 8.63. The largest absolute Gasteiger partial charge is 0.357 e. The highest BCUT2D eigenvalue weighted by molar-refractivity contribution is 5.79. The minimum Gasteiger partial charge on any atom is -0.357 e. The fraction of sp³-hybridized carbons (Fsp3) is 0.316. The maximum absolute atomic E-state index is 4.64. The number of aryl methyl sites for hydroxylation is 1. The molecule has 0 amide bonds. The van der Waals surface area contributed by atoms with Crippen molar-refractivity contribution >= 4 is 5.96 Å². The fourth-order valence-corrected chi connectivity index (χ4v) is 2.56. The van der Waals surface area contributed by atoms with E-state index >= 15 is 0 Å². The molecule has 7 nitrogen and oxygen atoms in total. The predicted molar refractivity (Wildman–Crippen MR) is 103 cm³/mol. The number of nitrogens with one attached hydrogen (secondary N) is 2. The molecule has 0 saturated carbocycles. The molecule has 2 heterocycles. The van der Waals surface area contributed by atoms with Gasteiger partial charge in [0.25, 0.3) is 0 Å². The van der Waals surface area contributed by atoms with Crippen molar-refractivity contribution in [3.63, 3.8) is 0 Å². The molecule has 0 bridgehead atoms. The molecule has 2 aromatic heterocycles. The molecular formula is C19H25N7. The Balaban J connectivity index is 1.51. The van der Waals surface area contributed by atoms with Crippen LogP contribution in [0.3, 0.4) is 0 Å². The normalized spacial score (nSPS) is 11.5. The molecule has 3 aromatic rings. The summed E-state index contributed by atoms with van der Waals surface area (Å²) in [5.41, 5.74) is 2.12. The van der Waals surface area contributed by atoms with E-state index in [1.807, 2.05) is 64.4 Å². The highest BCUT2D eigenvalue weighted by atomic mass is 15.3. The van der Waals surface area contributed by atoms with E-state index in [0.29, 0.717) is 6.54 Å². The smallest absolute Gasteiger partial charge is 0.191 e. The van der Waals surface area contributed by atoms with E-state index in [0.717, 1.165) is 43.3 Å². The van der Waals surface area contributed by atoms with E-state index in [2.05, 4.69) is 32.7 Å². The van der Waals surface area contributed by atoms with Crippen LogP contribution < -0.4 is 10.6 Å². The lowest BCUT2D eigenvalue weighted by molar-refractivity contribution is 0.570. The third kappa shape index (κ3) is 5.20. The highest BCUT2D eigenvalue weighted by Gasteiger charge is 2.02. The number of benzene rings is 1.